The molecule has 1 heterocycles. The molecule has 2 aromatic carbocycles. The van der Waals surface area contributed by atoms with Gasteiger partial charge in [0.05, 0.1) is 25.3 Å². The highest BCUT2D eigenvalue weighted by molar-refractivity contribution is 7.99. The lowest BCUT2D eigenvalue weighted by Crippen LogP contribution is -2.28. The summed E-state index contributed by atoms with van der Waals surface area (Å²) in [6.07, 6.45) is 2.52. The maximum atomic E-state index is 12.6. The molecule has 2 aromatic rings. The molecule has 0 aliphatic carbocycles. The molecule has 6 heteroatoms. The second-order valence-corrected chi connectivity index (χ2v) is 7.26. The zero-order chi connectivity index (χ0) is 18.9. The van der Waals surface area contributed by atoms with Gasteiger partial charge in [-0.3, -0.25) is 4.79 Å². The summed E-state index contributed by atoms with van der Waals surface area (Å²) in [5, 5.41) is 2.93. The second kappa shape index (κ2) is 10.2. The Labute approximate surface area is 164 Å². The van der Waals surface area contributed by atoms with Gasteiger partial charge in [0.25, 0.3) is 5.91 Å². The van der Waals surface area contributed by atoms with Gasteiger partial charge in [-0.25, -0.2) is 0 Å². The number of rotatable bonds is 9. The minimum absolute atomic E-state index is 0.0888. The van der Waals surface area contributed by atoms with E-state index in [2.05, 4.69) is 5.32 Å². The van der Waals surface area contributed by atoms with Gasteiger partial charge in [0.2, 0.25) is 0 Å². The van der Waals surface area contributed by atoms with Crippen LogP contribution in [-0.2, 0) is 4.74 Å². The van der Waals surface area contributed by atoms with Gasteiger partial charge < -0.3 is 19.5 Å². The Kier molecular flexibility index (Phi) is 7.42. The van der Waals surface area contributed by atoms with E-state index in [1.807, 2.05) is 48.5 Å². The maximum absolute atomic E-state index is 12.6. The molecular formula is C21H25NO4S. The predicted octanol–water partition coefficient (Wildman–Crippen LogP) is 3.78. The summed E-state index contributed by atoms with van der Waals surface area (Å²) in [6.45, 7) is 1.64. The molecule has 0 spiro atoms. The van der Waals surface area contributed by atoms with Crippen LogP contribution in [0.2, 0.25) is 0 Å². The number of ether oxygens (including phenoxy) is 3. The third kappa shape index (κ3) is 5.65. The number of para-hydroxylation sites is 2. The summed E-state index contributed by atoms with van der Waals surface area (Å²) in [5.41, 5.74) is 0.692. The molecular weight excluding hydrogens is 362 g/mol. The fraction of sp³-hybridized carbons (Fsp3) is 0.381. The van der Waals surface area contributed by atoms with E-state index >= 15 is 0 Å². The van der Waals surface area contributed by atoms with Gasteiger partial charge in [0, 0.05) is 17.3 Å². The van der Waals surface area contributed by atoms with E-state index in [0.717, 1.165) is 30.1 Å². The van der Waals surface area contributed by atoms with Crippen LogP contribution in [-0.4, -0.2) is 44.6 Å². The number of methoxy groups -OCH3 is 1. The number of carbonyl (C=O) groups is 1. The summed E-state index contributed by atoms with van der Waals surface area (Å²) >= 11 is 1.68. The van der Waals surface area contributed by atoms with Crippen molar-refractivity contribution >= 4 is 17.7 Å². The highest BCUT2D eigenvalue weighted by atomic mass is 32.2. The SMILES string of the molecule is COc1ccccc1OCCNC(=O)c1ccccc1SCC1CCCO1. The van der Waals surface area contributed by atoms with E-state index < -0.39 is 0 Å². The molecule has 1 amide bonds. The Morgan fingerprint density at radius 2 is 1.96 bits per heavy atom. The maximum Gasteiger partial charge on any atom is 0.252 e. The molecule has 0 saturated carbocycles. The number of thioether (sulfide) groups is 1. The van der Waals surface area contributed by atoms with Crippen LogP contribution in [0.25, 0.3) is 0 Å². The number of benzene rings is 2. The van der Waals surface area contributed by atoms with Crippen molar-refractivity contribution in [1.29, 1.82) is 0 Å². The quantitative estimate of drug-likeness (QED) is 0.524. The number of amides is 1. The van der Waals surface area contributed by atoms with Crippen molar-refractivity contribution < 1.29 is 19.0 Å². The lowest BCUT2D eigenvalue weighted by Gasteiger charge is -2.13. The molecule has 27 heavy (non-hydrogen) atoms. The third-order valence-corrected chi connectivity index (χ3v) is 5.50. The van der Waals surface area contributed by atoms with Gasteiger partial charge in [0.1, 0.15) is 6.61 Å². The topological polar surface area (TPSA) is 56.8 Å². The largest absolute Gasteiger partial charge is 0.493 e. The molecule has 1 N–H and O–H groups in total. The molecule has 1 fully saturated rings. The van der Waals surface area contributed by atoms with Crippen molar-refractivity contribution in [3.05, 3.63) is 54.1 Å². The normalized spacial score (nSPS) is 16.1. The van der Waals surface area contributed by atoms with E-state index in [0.29, 0.717) is 36.3 Å². The average Bonchev–Trinajstić information content (AvgIpc) is 3.23. The molecule has 144 valence electrons. The van der Waals surface area contributed by atoms with Gasteiger partial charge >= 0.3 is 0 Å². The van der Waals surface area contributed by atoms with Crippen molar-refractivity contribution in [2.24, 2.45) is 0 Å². The highest BCUT2D eigenvalue weighted by Crippen LogP contribution is 2.27. The van der Waals surface area contributed by atoms with Crippen LogP contribution in [0, 0.1) is 0 Å². The second-order valence-electron chi connectivity index (χ2n) is 6.20. The smallest absolute Gasteiger partial charge is 0.252 e. The molecule has 1 aliphatic heterocycles. The number of hydrogen-bond donors (Lipinski definition) is 1. The summed E-state index contributed by atoms with van der Waals surface area (Å²) in [5.74, 6) is 2.14. The Morgan fingerprint density at radius 3 is 2.74 bits per heavy atom. The van der Waals surface area contributed by atoms with Gasteiger partial charge in [-0.05, 0) is 37.1 Å². The van der Waals surface area contributed by atoms with Gasteiger partial charge in [-0.1, -0.05) is 24.3 Å². The Hall–Kier alpha value is -2.18. The summed E-state index contributed by atoms with van der Waals surface area (Å²) in [6, 6.07) is 15.1. The Balaban J connectivity index is 1.49. The van der Waals surface area contributed by atoms with E-state index in [4.69, 9.17) is 14.2 Å². The van der Waals surface area contributed by atoms with Crippen LogP contribution in [0.1, 0.15) is 23.2 Å². The fourth-order valence-corrected chi connectivity index (χ4v) is 4.02. The first kappa shape index (κ1) is 19.6. The lowest BCUT2D eigenvalue weighted by atomic mass is 10.2. The zero-order valence-electron chi connectivity index (χ0n) is 15.5. The van der Waals surface area contributed by atoms with Crippen LogP contribution < -0.4 is 14.8 Å². The minimum Gasteiger partial charge on any atom is -0.493 e. The summed E-state index contributed by atoms with van der Waals surface area (Å²) in [4.78, 5) is 13.5. The summed E-state index contributed by atoms with van der Waals surface area (Å²) in [7, 11) is 1.61. The van der Waals surface area contributed by atoms with Crippen LogP contribution in [0.15, 0.2) is 53.4 Å². The van der Waals surface area contributed by atoms with Crippen molar-refractivity contribution in [3.63, 3.8) is 0 Å². The Bertz CT molecular complexity index is 746. The van der Waals surface area contributed by atoms with Crippen molar-refractivity contribution in [2.75, 3.05) is 32.6 Å². The first-order valence-electron chi connectivity index (χ1n) is 9.15. The third-order valence-electron chi connectivity index (χ3n) is 4.29. The average molecular weight is 388 g/mol. The van der Waals surface area contributed by atoms with E-state index in [1.54, 1.807) is 18.9 Å². The monoisotopic (exact) mass is 387 g/mol. The van der Waals surface area contributed by atoms with Crippen LogP contribution in [0.4, 0.5) is 0 Å². The van der Waals surface area contributed by atoms with Gasteiger partial charge in [-0.15, -0.1) is 11.8 Å². The van der Waals surface area contributed by atoms with Crippen LogP contribution >= 0.6 is 11.8 Å². The molecule has 5 nitrogen and oxygen atoms in total. The molecule has 1 saturated heterocycles. The first-order chi connectivity index (χ1) is 13.3. The molecule has 3 rings (SSSR count). The minimum atomic E-state index is -0.0888. The van der Waals surface area contributed by atoms with Crippen molar-refractivity contribution in [1.82, 2.24) is 5.32 Å². The molecule has 1 unspecified atom stereocenters. The van der Waals surface area contributed by atoms with Gasteiger partial charge in [0.15, 0.2) is 11.5 Å². The fourth-order valence-electron chi connectivity index (χ4n) is 2.90. The van der Waals surface area contributed by atoms with Crippen LogP contribution in [0.5, 0.6) is 11.5 Å². The highest BCUT2D eigenvalue weighted by Gasteiger charge is 2.17. The predicted molar refractivity (Wildman–Crippen MR) is 107 cm³/mol. The molecule has 1 atom stereocenters. The van der Waals surface area contributed by atoms with Crippen LogP contribution in [0.3, 0.4) is 0 Å². The van der Waals surface area contributed by atoms with Gasteiger partial charge in [-0.2, -0.15) is 0 Å². The first-order valence-corrected chi connectivity index (χ1v) is 10.1. The van der Waals surface area contributed by atoms with Crippen molar-refractivity contribution in [3.8, 4) is 11.5 Å². The summed E-state index contributed by atoms with van der Waals surface area (Å²) < 4.78 is 16.6. The van der Waals surface area contributed by atoms with E-state index in [1.165, 1.54) is 0 Å². The number of hydrogen-bond acceptors (Lipinski definition) is 5. The van der Waals surface area contributed by atoms with Crippen molar-refractivity contribution in [2.45, 2.75) is 23.8 Å². The molecule has 0 radical (unpaired) electrons. The molecule has 1 aliphatic rings. The standard InChI is InChI=1S/C21H25NO4S/c1-24-18-9-3-4-10-19(18)26-14-12-22-21(23)17-8-2-5-11-20(17)27-15-16-7-6-13-25-16/h2-5,8-11,16H,6-7,12-15H2,1H3,(H,22,23). The number of carbonyl (C=O) groups excluding carboxylic acids is 1. The van der Waals surface area contributed by atoms with E-state index in [-0.39, 0.29) is 5.91 Å². The molecule has 0 bridgehead atoms. The molecule has 0 aromatic heterocycles. The van der Waals surface area contributed by atoms with E-state index in [9.17, 15) is 4.79 Å². The Morgan fingerprint density at radius 1 is 1.19 bits per heavy atom. The number of nitrogens with one attached hydrogen (secondary N) is 1. The lowest BCUT2D eigenvalue weighted by molar-refractivity contribution is 0.0943. The zero-order valence-corrected chi connectivity index (χ0v) is 16.3.